The lowest BCUT2D eigenvalue weighted by Crippen LogP contribution is -2.29. The Labute approximate surface area is 115 Å². The molecule has 2 N–H and O–H groups in total. The molecule has 0 spiro atoms. The number of aliphatic hydroxyl groups excluding tert-OH is 1. The van der Waals surface area contributed by atoms with Crippen LogP contribution in [0.25, 0.3) is 0 Å². The molecule has 20 heavy (non-hydrogen) atoms. The fraction of sp³-hybridized carbons (Fsp3) is 0.462. The Hall–Kier alpha value is -2.02. The number of halogens is 1. The molecular weight excluding hydrogens is 267 g/mol. The van der Waals surface area contributed by atoms with Gasteiger partial charge in [0.05, 0.1) is 22.7 Å². The van der Waals surface area contributed by atoms with Gasteiger partial charge in [0, 0.05) is 12.6 Å². The summed E-state index contributed by atoms with van der Waals surface area (Å²) < 4.78 is 13.6. The minimum Gasteiger partial charge on any atom is -0.393 e. The Morgan fingerprint density at radius 2 is 2.15 bits per heavy atom. The van der Waals surface area contributed by atoms with Crippen LogP contribution in [0.4, 0.5) is 10.1 Å². The minimum atomic E-state index is -0.943. The van der Waals surface area contributed by atoms with Gasteiger partial charge in [0.15, 0.2) is 0 Å². The summed E-state index contributed by atoms with van der Waals surface area (Å²) in [6.07, 6.45) is -0.185. The molecule has 1 aromatic carbocycles. The molecule has 0 aliphatic carbocycles. The van der Waals surface area contributed by atoms with Gasteiger partial charge in [-0.15, -0.1) is 0 Å². The van der Waals surface area contributed by atoms with Crippen molar-refractivity contribution in [1.29, 1.82) is 0 Å². The third-order valence-corrected chi connectivity index (χ3v) is 2.90. The van der Waals surface area contributed by atoms with Crippen molar-refractivity contribution in [3.05, 3.63) is 39.7 Å². The van der Waals surface area contributed by atoms with E-state index in [9.17, 15) is 24.4 Å². The summed E-state index contributed by atoms with van der Waals surface area (Å²) in [5.41, 5.74) is -0.663. The van der Waals surface area contributed by atoms with E-state index < -0.39 is 28.4 Å². The van der Waals surface area contributed by atoms with E-state index in [1.54, 1.807) is 0 Å². The molecule has 0 aromatic heterocycles. The molecule has 0 radical (unpaired) electrons. The van der Waals surface area contributed by atoms with Crippen LogP contribution in [0.15, 0.2) is 18.2 Å². The summed E-state index contributed by atoms with van der Waals surface area (Å²) >= 11 is 0. The van der Waals surface area contributed by atoms with Crippen LogP contribution in [0, 0.1) is 21.8 Å². The highest BCUT2D eigenvalue weighted by Gasteiger charge is 2.16. The maximum atomic E-state index is 13.6. The highest BCUT2D eigenvalue weighted by molar-refractivity contribution is 5.94. The fourth-order valence-corrected chi connectivity index (χ4v) is 1.56. The first kappa shape index (κ1) is 16.0. The number of carbonyl (C=O) groups is 1. The van der Waals surface area contributed by atoms with Crippen LogP contribution in [0.2, 0.25) is 0 Å². The van der Waals surface area contributed by atoms with E-state index in [4.69, 9.17) is 0 Å². The molecule has 1 unspecified atom stereocenters. The summed E-state index contributed by atoms with van der Waals surface area (Å²) in [4.78, 5) is 21.4. The van der Waals surface area contributed by atoms with E-state index in [2.05, 4.69) is 5.32 Å². The number of aliphatic hydroxyl groups is 1. The number of nitro benzene ring substituents is 1. The monoisotopic (exact) mass is 284 g/mol. The molecule has 7 heteroatoms. The van der Waals surface area contributed by atoms with Gasteiger partial charge in [-0.1, -0.05) is 13.8 Å². The highest BCUT2D eigenvalue weighted by Crippen LogP contribution is 2.16. The SMILES string of the molecule is CC(C)C(O)CCNC(=O)c1ccc([N+](=O)[O-])cc1F. The zero-order valence-corrected chi connectivity index (χ0v) is 11.3. The van der Waals surface area contributed by atoms with Crippen LogP contribution in [0.1, 0.15) is 30.6 Å². The summed E-state index contributed by atoms with van der Waals surface area (Å²) in [6, 6.07) is 2.85. The van der Waals surface area contributed by atoms with Crippen molar-refractivity contribution < 1.29 is 19.2 Å². The van der Waals surface area contributed by atoms with Crippen LogP contribution in [0.5, 0.6) is 0 Å². The summed E-state index contributed by atoms with van der Waals surface area (Å²) in [7, 11) is 0. The van der Waals surface area contributed by atoms with E-state index in [0.29, 0.717) is 12.5 Å². The lowest BCUT2D eigenvalue weighted by molar-refractivity contribution is -0.385. The number of amides is 1. The molecule has 0 bridgehead atoms. The van der Waals surface area contributed by atoms with Gasteiger partial charge in [-0.25, -0.2) is 4.39 Å². The Kier molecular flexibility index (Phi) is 5.57. The van der Waals surface area contributed by atoms with Gasteiger partial charge in [0.2, 0.25) is 0 Å². The minimum absolute atomic E-state index is 0.0722. The molecule has 1 aromatic rings. The van der Waals surface area contributed by atoms with E-state index in [-0.39, 0.29) is 18.0 Å². The van der Waals surface area contributed by atoms with Gasteiger partial charge in [0.25, 0.3) is 11.6 Å². The predicted molar refractivity (Wildman–Crippen MR) is 70.8 cm³/mol. The van der Waals surface area contributed by atoms with Crippen LogP contribution < -0.4 is 5.32 Å². The normalized spacial score (nSPS) is 12.2. The lowest BCUT2D eigenvalue weighted by Gasteiger charge is -2.14. The van der Waals surface area contributed by atoms with Crippen LogP contribution in [0.3, 0.4) is 0 Å². The molecule has 1 atom stereocenters. The smallest absolute Gasteiger partial charge is 0.272 e. The topological polar surface area (TPSA) is 92.5 Å². The Balaban J connectivity index is 2.62. The average Bonchev–Trinajstić information content (AvgIpc) is 2.37. The summed E-state index contributed by atoms with van der Waals surface area (Å²) in [5.74, 6) is -1.53. The molecule has 110 valence electrons. The predicted octanol–water partition coefficient (Wildman–Crippen LogP) is 1.87. The Bertz CT molecular complexity index is 505. The molecule has 0 saturated heterocycles. The van der Waals surface area contributed by atoms with Crippen molar-refractivity contribution >= 4 is 11.6 Å². The van der Waals surface area contributed by atoms with Crippen molar-refractivity contribution in [3.8, 4) is 0 Å². The highest BCUT2D eigenvalue weighted by atomic mass is 19.1. The summed E-state index contributed by atoms with van der Waals surface area (Å²) in [6.45, 7) is 3.90. The first-order valence-electron chi connectivity index (χ1n) is 6.23. The zero-order chi connectivity index (χ0) is 15.3. The third kappa shape index (κ3) is 4.27. The number of nitrogens with zero attached hydrogens (tertiary/aromatic N) is 1. The quantitative estimate of drug-likeness (QED) is 0.616. The number of non-ortho nitro benzene ring substituents is 1. The van der Waals surface area contributed by atoms with Gasteiger partial charge < -0.3 is 10.4 Å². The molecule has 0 heterocycles. The van der Waals surface area contributed by atoms with Crippen LogP contribution in [-0.4, -0.2) is 28.6 Å². The zero-order valence-electron chi connectivity index (χ0n) is 11.3. The third-order valence-electron chi connectivity index (χ3n) is 2.90. The van der Waals surface area contributed by atoms with E-state index in [1.165, 1.54) is 0 Å². The van der Waals surface area contributed by atoms with Gasteiger partial charge >= 0.3 is 0 Å². The lowest BCUT2D eigenvalue weighted by atomic mass is 10.0. The van der Waals surface area contributed by atoms with Crippen LogP contribution in [-0.2, 0) is 0 Å². The van der Waals surface area contributed by atoms with E-state index >= 15 is 0 Å². The molecular formula is C13H17FN2O4. The number of carbonyl (C=O) groups excluding carboxylic acids is 1. The second kappa shape index (κ2) is 6.95. The molecule has 1 amide bonds. The van der Waals surface area contributed by atoms with Crippen molar-refractivity contribution in [3.63, 3.8) is 0 Å². The number of nitro groups is 1. The number of nitrogens with one attached hydrogen (secondary N) is 1. The fourth-order valence-electron chi connectivity index (χ4n) is 1.56. The maximum Gasteiger partial charge on any atom is 0.272 e. The summed E-state index contributed by atoms with van der Waals surface area (Å²) in [5, 5.41) is 22.5. The molecule has 0 fully saturated rings. The van der Waals surface area contributed by atoms with Gasteiger partial charge in [0.1, 0.15) is 5.82 Å². The van der Waals surface area contributed by atoms with Gasteiger partial charge in [-0.3, -0.25) is 14.9 Å². The standard InChI is InChI=1S/C13H17FN2O4/c1-8(2)12(17)5-6-15-13(18)10-4-3-9(16(19)20)7-11(10)14/h3-4,7-8,12,17H,5-6H2,1-2H3,(H,15,18). The molecule has 0 aliphatic heterocycles. The van der Waals surface area contributed by atoms with Crippen molar-refractivity contribution in [1.82, 2.24) is 5.32 Å². The van der Waals surface area contributed by atoms with Gasteiger partial charge in [-0.2, -0.15) is 0 Å². The number of hydrogen-bond acceptors (Lipinski definition) is 4. The molecule has 0 aliphatic rings. The molecule has 6 nitrogen and oxygen atoms in total. The number of benzene rings is 1. The maximum absolute atomic E-state index is 13.6. The Morgan fingerprint density at radius 3 is 2.65 bits per heavy atom. The molecule has 0 saturated carbocycles. The van der Waals surface area contributed by atoms with Crippen molar-refractivity contribution in [2.75, 3.05) is 6.54 Å². The molecule has 1 rings (SSSR count). The second-order valence-corrected chi connectivity index (χ2v) is 4.78. The average molecular weight is 284 g/mol. The van der Waals surface area contributed by atoms with Crippen molar-refractivity contribution in [2.24, 2.45) is 5.92 Å². The number of rotatable bonds is 6. The van der Waals surface area contributed by atoms with E-state index in [1.807, 2.05) is 13.8 Å². The number of hydrogen-bond donors (Lipinski definition) is 2. The first-order valence-corrected chi connectivity index (χ1v) is 6.23. The van der Waals surface area contributed by atoms with Crippen LogP contribution >= 0.6 is 0 Å². The first-order chi connectivity index (χ1) is 9.32. The second-order valence-electron chi connectivity index (χ2n) is 4.78. The van der Waals surface area contributed by atoms with Gasteiger partial charge in [-0.05, 0) is 18.4 Å². The van der Waals surface area contributed by atoms with Crippen molar-refractivity contribution in [2.45, 2.75) is 26.4 Å². The Morgan fingerprint density at radius 1 is 1.50 bits per heavy atom. The largest absolute Gasteiger partial charge is 0.393 e. The van der Waals surface area contributed by atoms with E-state index in [0.717, 1.165) is 12.1 Å².